The van der Waals surface area contributed by atoms with Crippen LogP contribution in [-0.4, -0.2) is 24.2 Å². The first kappa shape index (κ1) is 16.8. The van der Waals surface area contributed by atoms with Gasteiger partial charge < -0.3 is 15.2 Å². The van der Waals surface area contributed by atoms with E-state index < -0.39 is 0 Å². The Labute approximate surface area is 136 Å². The zero-order chi connectivity index (χ0) is 15.9. The molecule has 120 valence electrons. The van der Waals surface area contributed by atoms with Crippen molar-refractivity contribution in [3.63, 3.8) is 0 Å². The van der Waals surface area contributed by atoms with Crippen molar-refractivity contribution >= 4 is 11.3 Å². The standard InChI is InChI=1S/C17H24N2O2S/c1-4-20-16-10-13(5-6-15(16)21-12(2)3)9-14(11-18)17-19-7-8-22-17/h5-8,10,12,14H,4,9,11,18H2,1-3H3. The minimum absolute atomic E-state index is 0.122. The highest BCUT2D eigenvalue weighted by Gasteiger charge is 2.15. The van der Waals surface area contributed by atoms with E-state index >= 15 is 0 Å². The number of nitrogens with zero attached hydrogens (tertiary/aromatic N) is 1. The maximum Gasteiger partial charge on any atom is 0.161 e. The molecule has 22 heavy (non-hydrogen) atoms. The SMILES string of the molecule is CCOc1cc(CC(CN)c2nccs2)ccc1OC(C)C. The molecule has 0 amide bonds. The fourth-order valence-electron chi connectivity index (χ4n) is 2.29. The summed E-state index contributed by atoms with van der Waals surface area (Å²) < 4.78 is 11.5. The number of hydrogen-bond donors (Lipinski definition) is 1. The molecule has 0 saturated carbocycles. The number of aromatic nitrogens is 1. The summed E-state index contributed by atoms with van der Waals surface area (Å²) in [6, 6.07) is 6.11. The second-order valence-electron chi connectivity index (χ2n) is 5.39. The summed E-state index contributed by atoms with van der Waals surface area (Å²) in [7, 11) is 0. The van der Waals surface area contributed by atoms with E-state index in [1.165, 1.54) is 5.56 Å². The number of nitrogens with two attached hydrogens (primary N) is 1. The molecule has 0 aliphatic carbocycles. The van der Waals surface area contributed by atoms with Crippen molar-refractivity contribution in [1.82, 2.24) is 4.98 Å². The van der Waals surface area contributed by atoms with Crippen molar-refractivity contribution in [2.24, 2.45) is 5.73 Å². The van der Waals surface area contributed by atoms with Crippen LogP contribution in [0.4, 0.5) is 0 Å². The van der Waals surface area contributed by atoms with Gasteiger partial charge in [-0.15, -0.1) is 11.3 Å². The van der Waals surface area contributed by atoms with Gasteiger partial charge in [-0.2, -0.15) is 0 Å². The molecule has 1 unspecified atom stereocenters. The van der Waals surface area contributed by atoms with Gasteiger partial charge >= 0.3 is 0 Å². The third-order valence-electron chi connectivity index (χ3n) is 3.24. The van der Waals surface area contributed by atoms with Gasteiger partial charge in [0.2, 0.25) is 0 Å². The van der Waals surface area contributed by atoms with Crippen molar-refractivity contribution < 1.29 is 9.47 Å². The lowest BCUT2D eigenvalue weighted by molar-refractivity contribution is 0.223. The van der Waals surface area contributed by atoms with Crippen molar-refractivity contribution in [3.8, 4) is 11.5 Å². The zero-order valence-corrected chi connectivity index (χ0v) is 14.2. The van der Waals surface area contributed by atoms with Crippen LogP contribution in [0.25, 0.3) is 0 Å². The van der Waals surface area contributed by atoms with Gasteiger partial charge in [-0.25, -0.2) is 4.98 Å². The Morgan fingerprint density at radius 2 is 2.09 bits per heavy atom. The van der Waals surface area contributed by atoms with Crippen molar-refractivity contribution in [2.45, 2.75) is 39.2 Å². The smallest absolute Gasteiger partial charge is 0.161 e. The minimum atomic E-state index is 0.122. The van der Waals surface area contributed by atoms with Gasteiger partial charge in [0.25, 0.3) is 0 Å². The van der Waals surface area contributed by atoms with Crippen LogP contribution >= 0.6 is 11.3 Å². The first-order valence-electron chi connectivity index (χ1n) is 7.65. The summed E-state index contributed by atoms with van der Waals surface area (Å²) in [6.07, 6.45) is 2.80. The number of thiazole rings is 1. The van der Waals surface area contributed by atoms with Gasteiger partial charge in [0, 0.05) is 24.0 Å². The van der Waals surface area contributed by atoms with Gasteiger partial charge in [-0.3, -0.25) is 0 Å². The van der Waals surface area contributed by atoms with E-state index in [4.69, 9.17) is 15.2 Å². The predicted octanol–water partition coefficient (Wildman–Crippen LogP) is 3.61. The van der Waals surface area contributed by atoms with Gasteiger partial charge in [-0.05, 0) is 44.9 Å². The lowest BCUT2D eigenvalue weighted by Gasteiger charge is -2.17. The maximum atomic E-state index is 5.92. The average molecular weight is 320 g/mol. The molecule has 0 spiro atoms. The Morgan fingerprint density at radius 1 is 1.27 bits per heavy atom. The molecule has 4 nitrogen and oxygen atoms in total. The summed E-state index contributed by atoms with van der Waals surface area (Å²) in [5, 5.41) is 3.08. The molecule has 1 atom stereocenters. The van der Waals surface area contributed by atoms with Crippen LogP contribution in [-0.2, 0) is 6.42 Å². The van der Waals surface area contributed by atoms with E-state index in [1.807, 2.05) is 38.4 Å². The van der Waals surface area contributed by atoms with E-state index in [0.717, 1.165) is 22.9 Å². The topological polar surface area (TPSA) is 57.4 Å². The van der Waals surface area contributed by atoms with E-state index in [9.17, 15) is 0 Å². The normalized spacial score (nSPS) is 12.4. The zero-order valence-electron chi connectivity index (χ0n) is 13.4. The maximum absolute atomic E-state index is 5.92. The summed E-state index contributed by atoms with van der Waals surface area (Å²) in [5.41, 5.74) is 7.10. The Balaban J connectivity index is 2.18. The third-order valence-corrected chi connectivity index (χ3v) is 4.18. The molecule has 1 aromatic carbocycles. The molecule has 0 aliphatic rings. The number of ether oxygens (including phenoxy) is 2. The fourth-order valence-corrected chi connectivity index (χ4v) is 3.05. The van der Waals surface area contributed by atoms with Crippen molar-refractivity contribution in [2.75, 3.05) is 13.2 Å². The highest BCUT2D eigenvalue weighted by atomic mass is 32.1. The number of hydrogen-bond acceptors (Lipinski definition) is 5. The van der Waals surface area contributed by atoms with Crippen LogP contribution in [0.15, 0.2) is 29.8 Å². The molecule has 1 aromatic heterocycles. The molecule has 2 aromatic rings. The number of benzene rings is 1. The quantitative estimate of drug-likeness (QED) is 0.807. The monoisotopic (exact) mass is 320 g/mol. The van der Waals surface area contributed by atoms with Crippen LogP contribution in [0, 0.1) is 0 Å². The van der Waals surface area contributed by atoms with Crippen molar-refractivity contribution in [3.05, 3.63) is 40.3 Å². The van der Waals surface area contributed by atoms with Crippen molar-refractivity contribution in [1.29, 1.82) is 0 Å². The first-order valence-corrected chi connectivity index (χ1v) is 8.53. The highest BCUT2D eigenvalue weighted by molar-refractivity contribution is 7.09. The van der Waals surface area contributed by atoms with E-state index in [-0.39, 0.29) is 12.0 Å². The fraction of sp³-hybridized carbons (Fsp3) is 0.471. The largest absolute Gasteiger partial charge is 0.490 e. The molecule has 2 N–H and O–H groups in total. The van der Waals surface area contributed by atoms with E-state index in [1.54, 1.807) is 11.3 Å². The summed E-state index contributed by atoms with van der Waals surface area (Å²) in [5.74, 6) is 1.83. The lowest BCUT2D eigenvalue weighted by atomic mass is 9.99. The van der Waals surface area contributed by atoms with Gasteiger partial charge in [0.15, 0.2) is 11.5 Å². The summed E-state index contributed by atoms with van der Waals surface area (Å²) in [4.78, 5) is 4.38. The Kier molecular flexibility index (Phi) is 6.21. The second-order valence-corrected chi connectivity index (χ2v) is 6.31. The van der Waals surface area contributed by atoms with Crippen LogP contribution in [0.2, 0.25) is 0 Å². The van der Waals surface area contributed by atoms with Crippen LogP contribution in [0.1, 0.15) is 37.3 Å². The number of rotatable bonds is 8. The molecule has 0 radical (unpaired) electrons. The van der Waals surface area contributed by atoms with E-state index in [0.29, 0.717) is 13.2 Å². The van der Waals surface area contributed by atoms with Gasteiger partial charge in [-0.1, -0.05) is 6.07 Å². The molecule has 1 heterocycles. The molecular weight excluding hydrogens is 296 g/mol. The van der Waals surface area contributed by atoms with E-state index in [2.05, 4.69) is 17.1 Å². The lowest BCUT2D eigenvalue weighted by Crippen LogP contribution is -2.15. The van der Waals surface area contributed by atoms with Gasteiger partial charge in [0.05, 0.1) is 17.7 Å². The third kappa shape index (κ3) is 4.45. The molecule has 5 heteroatoms. The average Bonchev–Trinajstić information content (AvgIpc) is 3.01. The molecular formula is C17H24N2O2S. The molecule has 0 fully saturated rings. The first-order chi connectivity index (χ1) is 10.6. The van der Waals surface area contributed by atoms with Crippen LogP contribution in [0.5, 0.6) is 11.5 Å². The Bertz CT molecular complexity index is 570. The van der Waals surface area contributed by atoms with Crippen LogP contribution < -0.4 is 15.2 Å². The van der Waals surface area contributed by atoms with Crippen LogP contribution in [0.3, 0.4) is 0 Å². The summed E-state index contributed by atoms with van der Waals surface area (Å²) in [6.45, 7) is 7.20. The minimum Gasteiger partial charge on any atom is -0.490 e. The highest BCUT2D eigenvalue weighted by Crippen LogP contribution is 2.31. The molecule has 2 rings (SSSR count). The Hall–Kier alpha value is -1.59. The Morgan fingerprint density at radius 3 is 2.68 bits per heavy atom. The molecule has 0 bridgehead atoms. The predicted molar refractivity (Wildman–Crippen MR) is 91.0 cm³/mol. The summed E-state index contributed by atoms with van der Waals surface area (Å²) >= 11 is 1.65. The second kappa shape index (κ2) is 8.15. The van der Waals surface area contributed by atoms with Gasteiger partial charge in [0.1, 0.15) is 0 Å². The molecule has 0 saturated heterocycles. The molecule has 0 aliphatic heterocycles.